The molecular weight excluding hydrogens is 286 g/mol. The molecule has 2 aromatic rings. The molecule has 0 unspecified atom stereocenters. The number of hydrazone groups is 1. The van der Waals surface area contributed by atoms with Gasteiger partial charge in [0.25, 0.3) is 0 Å². The summed E-state index contributed by atoms with van der Waals surface area (Å²) >= 11 is 1.41. The summed E-state index contributed by atoms with van der Waals surface area (Å²) in [4.78, 5) is 8.32. The van der Waals surface area contributed by atoms with E-state index in [1.807, 2.05) is 24.4 Å². The van der Waals surface area contributed by atoms with Crippen molar-refractivity contribution in [1.29, 1.82) is 5.41 Å². The van der Waals surface area contributed by atoms with Gasteiger partial charge in [0.05, 0.1) is 11.8 Å². The molecular formula is C14H13N5OS. The van der Waals surface area contributed by atoms with Gasteiger partial charge in [-0.3, -0.25) is 10.4 Å². The first-order valence-electron chi connectivity index (χ1n) is 6.30. The molecule has 0 amide bonds. The minimum Gasteiger partial charge on any atom is -0.509 e. The Labute approximate surface area is 125 Å². The van der Waals surface area contributed by atoms with E-state index in [2.05, 4.69) is 15.1 Å². The molecule has 0 atom stereocenters. The van der Waals surface area contributed by atoms with Crippen LogP contribution in [0.4, 0.5) is 0 Å². The van der Waals surface area contributed by atoms with Gasteiger partial charge in [-0.05, 0) is 13.0 Å². The molecule has 2 N–H and O–H groups in total. The molecule has 3 heterocycles. The fourth-order valence-electron chi connectivity index (χ4n) is 1.95. The highest BCUT2D eigenvalue weighted by molar-refractivity contribution is 7.11. The number of hydrogen-bond donors (Lipinski definition) is 2. The Kier molecular flexibility index (Phi) is 3.49. The van der Waals surface area contributed by atoms with Crippen molar-refractivity contribution in [2.75, 3.05) is 6.54 Å². The van der Waals surface area contributed by atoms with Crippen LogP contribution in [-0.4, -0.2) is 38.7 Å². The highest BCUT2D eigenvalue weighted by atomic mass is 32.1. The largest absolute Gasteiger partial charge is 0.509 e. The average molecular weight is 299 g/mol. The lowest BCUT2D eigenvalue weighted by Crippen LogP contribution is -2.20. The molecule has 6 nitrogen and oxygen atoms in total. The third kappa shape index (κ3) is 2.68. The van der Waals surface area contributed by atoms with Crippen molar-refractivity contribution in [1.82, 2.24) is 15.0 Å². The molecule has 0 fully saturated rings. The summed E-state index contributed by atoms with van der Waals surface area (Å²) in [5, 5.41) is 26.4. The molecule has 0 aliphatic carbocycles. The van der Waals surface area contributed by atoms with E-state index in [-0.39, 0.29) is 18.1 Å². The predicted octanol–water partition coefficient (Wildman–Crippen LogP) is 2.44. The highest BCUT2D eigenvalue weighted by Crippen LogP contribution is 2.29. The van der Waals surface area contributed by atoms with Gasteiger partial charge < -0.3 is 5.11 Å². The van der Waals surface area contributed by atoms with E-state index in [1.54, 1.807) is 18.6 Å². The van der Waals surface area contributed by atoms with Crippen molar-refractivity contribution in [3.8, 4) is 0 Å². The predicted molar refractivity (Wildman–Crippen MR) is 82.7 cm³/mol. The van der Waals surface area contributed by atoms with Crippen LogP contribution in [0.5, 0.6) is 0 Å². The molecule has 0 saturated carbocycles. The van der Waals surface area contributed by atoms with Gasteiger partial charge in [0.1, 0.15) is 17.3 Å². The molecule has 1 aliphatic heterocycles. The van der Waals surface area contributed by atoms with Gasteiger partial charge in [-0.2, -0.15) is 5.10 Å². The van der Waals surface area contributed by atoms with E-state index in [1.165, 1.54) is 16.3 Å². The number of hydrogen-bond acceptors (Lipinski definition) is 6. The Morgan fingerprint density at radius 2 is 2.38 bits per heavy atom. The zero-order chi connectivity index (χ0) is 14.8. The number of aromatic nitrogens is 2. The number of nitrogens with zero attached hydrogens (tertiary/aromatic N) is 4. The number of thiazole rings is 1. The third-order valence-corrected chi connectivity index (χ3v) is 3.92. The van der Waals surface area contributed by atoms with Crippen molar-refractivity contribution < 1.29 is 5.11 Å². The van der Waals surface area contributed by atoms with E-state index in [9.17, 15) is 5.11 Å². The Bertz CT molecular complexity index is 735. The fraction of sp³-hybridized carbons (Fsp3) is 0.143. The number of pyridine rings is 1. The SMILES string of the molecule is Cc1csc(C2=C(O)CN(N=Cc3cccnc3)C2=N)n1. The maximum Gasteiger partial charge on any atom is 0.155 e. The maximum absolute atomic E-state index is 10.1. The van der Waals surface area contributed by atoms with E-state index in [0.29, 0.717) is 10.6 Å². The maximum atomic E-state index is 10.1. The molecule has 1 aliphatic rings. The lowest BCUT2D eigenvalue weighted by molar-refractivity contribution is 0.358. The van der Waals surface area contributed by atoms with Crippen LogP contribution in [0.25, 0.3) is 5.57 Å². The standard InChI is InChI=1S/C14H13N5OS/c1-9-8-21-14(18-9)12-11(20)7-19(13(12)15)17-6-10-3-2-4-16-5-10/h2-6,8,15,20H,7H2,1H3. The number of rotatable bonds is 3. The van der Waals surface area contributed by atoms with Crippen molar-refractivity contribution in [2.45, 2.75) is 6.92 Å². The first-order valence-corrected chi connectivity index (χ1v) is 7.18. The Morgan fingerprint density at radius 3 is 3.05 bits per heavy atom. The van der Waals surface area contributed by atoms with Crippen LogP contribution in [0.2, 0.25) is 0 Å². The zero-order valence-corrected chi connectivity index (χ0v) is 12.1. The van der Waals surface area contributed by atoms with Gasteiger partial charge in [-0.15, -0.1) is 11.3 Å². The monoisotopic (exact) mass is 299 g/mol. The van der Waals surface area contributed by atoms with Crippen LogP contribution in [-0.2, 0) is 0 Å². The van der Waals surface area contributed by atoms with Crippen LogP contribution in [0.3, 0.4) is 0 Å². The smallest absolute Gasteiger partial charge is 0.155 e. The molecule has 0 aromatic carbocycles. The van der Waals surface area contributed by atoms with Crippen LogP contribution < -0.4 is 0 Å². The van der Waals surface area contributed by atoms with Crippen LogP contribution in [0.1, 0.15) is 16.3 Å². The quantitative estimate of drug-likeness (QED) is 0.852. The number of aliphatic hydroxyl groups is 1. The minimum atomic E-state index is 0.123. The summed E-state index contributed by atoms with van der Waals surface area (Å²) in [5.74, 6) is 0.277. The lowest BCUT2D eigenvalue weighted by Gasteiger charge is -2.10. The second-order valence-electron chi connectivity index (χ2n) is 4.55. The van der Waals surface area contributed by atoms with Crippen LogP contribution in [0, 0.1) is 12.3 Å². The van der Waals surface area contributed by atoms with Gasteiger partial charge >= 0.3 is 0 Å². The van der Waals surface area contributed by atoms with E-state index in [4.69, 9.17) is 5.41 Å². The zero-order valence-electron chi connectivity index (χ0n) is 11.3. The second kappa shape index (κ2) is 5.45. The summed E-state index contributed by atoms with van der Waals surface area (Å²) in [7, 11) is 0. The van der Waals surface area contributed by atoms with E-state index in [0.717, 1.165) is 11.3 Å². The summed E-state index contributed by atoms with van der Waals surface area (Å²) in [6, 6.07) is 3.69. The normalized spacial score (nSPS) is 15.5. The van der Waals surface area contributed by atoms with E-state index < -0.39 is 0 Å². The van der Waals surface area contributed by atoms with E-state index >= 15 is 0 Å². The molecule has 0 radical (unpaired) electrons. The Balaban J connectivity index is 1.80. The summed E-state index contributed by atoms with van der Waals surface area (Å²) in [6.45, 7) is 2.07. The fourth-order valence-corrected chi connectivity index (χ4v) is 2.81. The molecule has 0 spiro atoms. The van der Waals surface area contributed by atoms with Gasteiger partial charge in [-0.1, -0.05) is 6.07 Å². The molecule has 7 heteroatoms. The number of nitrogens with one attached hydrogen (secondary N) is 1. The van der Waals surface area contributed by atoms with Crippen LogP contribution in [0.15, 0.2) is 40.8 Å². The van der Waals surface area contributed by atoms with Gasteiger partial charge in [0, 0.05) is 29.0 Å². The number of aliphatic hydroxyl groups excluding tert-OH is 1. The first-order chi connectivity index (χ1) is 10.1. The van der Waals surface area contributed by atoms with Gasteiger partial charge in [0.2, 0.25) is 0 Å². The molecule has 21 heavy (non-hydrogen) atoms. The second-order valence-corrected chi connectivity index (χ2v) is 5.41. The summed E-state index contributed by atoms with van der Waals surface area (Å²) < 4.78 is 0. The lowest BCUT2D eigenvalue weighted by atomic mass is 10.2. The third-order valence-electron chi connectivity index (χ3n) is 2.95. The first kappa shape index (κ1) is 13.4. The van der Waals surface area contributed by atoms with Crippen LogP contribution >= 0.6 is 11.3 Å². The van der Waals surface area contributed by atoms with Crippen molar-refractivity contribution >= 4 is 29.0 Å². The molecule has 3 rings (SSSR count). The molecule has 106 valence electrons. The Hall–Kier alpha value is -2.54. The van der Waals surface area contributed by atoms with Crippen molar-refractivity contribution in [3.63, 3.8) is 0 Å². The highest BCUT2D eigenvalue weighted by Gasteiger charge is 2.29. The topological polar surface area (TPSA) is 85.5 Å². The summed E-state index contributed by atoms with van der Waals surface area (Å²) in [6.07, 6.45) is 4.98. The number of amidine groups is 1. The minimum absolute atomic E-state index is 0.123. The molecule has 0 saturated heterocycles. The van der Waals surface area contributed by atoms with Gasteiger partial charge in [0.15, 0.2) is 5.84 Å². The number of aryl methyl sites for hydroxylation is 1. The van der Waals surface area contributed by atoms with Crippen molar-refractivity contribution in [2.24, 2.45) is 5.10 Å². The summed E-state index contributed by atoms with van der Waals surface area (Å²) in [5.41, 5.74) is 2.17. The average Bonchev–Trinajstić information content (AvgIpc) is 3.01. The molecule has 0 bridgehead atoms. The Morgan fingerprint density at radius 1 is 1.52 bits per heavy atom. The molecule has 2 aromatic heterocycles. The van der Waals surface area contributed by atoms with Crippen molar-refractivity contribution in [3.05, 3.63) is 51.9 Å². The van der Waals surface area contributed by atoms with Gasteiger partial charge in [-0.25, -0.2) is 9.99 Å².